The summed E-state index contributed by atoms with van der Waals surface area (Å²) in [5.74, 6) is -1.38. The van der Waals surface area contributed by atoms with Crippen LogP contribution >= 0.6 is 0 Å². The van der Waals surface area contributed by atoms with Crippen molar-refractivity contribution in [2.45, 2.75) is 12.2 Å². The molecule has 1 aromatic carbocycles. The summed E-state index contributed by atoms with van der Waals surface area (Å²) in [5.41, 5.74) is 0.580. The van der Waals surface area contributed by atoms with Crippen LogP contribution in [0.25, 0.3) is 10.9 Å². The Morgan fingerprint density at radius 3 is 2.65 bits per heavy atom. The number of rotatable bonds is 4. The molecular weight excluding hydrogens is 273 g/mol. The number of fused-ring (bicyclic) bond motifs is 1. The molecule has 4 nitrogen and oxygen atoms in total. The zero-order valence-electron chi connectivity index (χ0n) is 10.2. The second-order valence-electron chi connectivity index (χ2n) is 4.19. The van der Waals surface area contributed by atoms with Crippen molar-refractivity contribution in [1.82, 2.24) is 10.3 Å². The van der Waals surface area contributed by atoms with Crippen molar-refractivity contribution < 1.29 is 23.1 Å². The predicted molar refractivity (Wildman–Crippen MR) is 66.2 cm³/mol. The highest BCUT2D eigenvalue weighted by Crippen LogP contribution is 2.24. The maximum atomic E-state index is 12.2. The van der Waals surface area contributed by atoms with Crippen LogP contribution < -0.4 is 5.32 Å². The number of halogens is 3. The molecule has 0 aliphatic rings. The van der Waals surface area contributed by atoms with Gasteiger partial charge < -0.3 is 5.11 Å². The molecule has 106 valence electrons. The van der Waals surface area contributed by atoms with E-state index in [1.165, 1.54) is 12.3 Å². The fraction of sp³-hybridized carbons (Fsp3) is 0.231. The van der Waals surface area contributed by atoms with E-state index in [2.05, 4.69) is 4.98 Å². The normalized spacial score (nSPS) is 13.3. The lowest BCUT2D eigenvalue weighted by Crippen LogP contribution is -2.36. The van der Waals surface area contributed by atoms with Gasteiger partial charge >= 0.3 is 12.1 Å². The average molecular weight is 284 g/mol. The minimum Gasteiger partial charge on any atom is -0.480 e. The van der Waals surface area contributed by atoms with E-state index in [1.54, 1.807) is 24.3 Å². The topological polar surface area (TPSA) is 62.2 Å². The molecule has 2 N–H and O–H groups in total. The first kappa shape index (κ1) is 14.3. The molecule has 0 bridgehead atoms. The molecule has 1 aromatic heterocycles. The number of alkyl halides is 3. The first-order chi connectivity index (χ1) is 9.38. The Bertz CT molecular complexity index is 623. The Kier molecular flexibility index (Phi) is 3.89. The summed E-state index contributed by atoms with van der Waals surface area (Å²) in [6.07, 6.45) is -3.01. The highest BCUT2D eigenvalue weighted by Gasteiger charge is 2.31. The minimum atomic E-state index is -4.48. The first-order valence-corrected chi connectivity index (χ1v) is 5.75. The van der Waals surface area contributed by atoms with Crippen LogP contribution in [0.1, 0.15) is 11.6 Å². The van der Waals surface area contributed by atoms with E-state index in [9.17, 15) is 18.0 Å². The number of carboxylic acids is 1. The molecule has 1 heterocycles. The summed E-state index contributed by atoms with van der Waals surface area (Å²) in [6, 6.07) is 6.69. The monoisotopic (exact) mass is 284 g/mol. The van der Waals surface area contributed by atoms with Crippen LogP contribution in [0.2, 0.25) is 0 Å². The number of hydrogen-bond donors (Lipinski definition) is 2. The van der Waals surface area contributed by atoms with Crippen LogP contribution in [0.15, 0.2) is 36.5 Å². The summed E-state index contributed by atoms with van der Waals surface area (Å²) in [7, 11) is 0. The number of pyridine rings is 1. The molecule has 0 amide bonds. The van der Waals surface area contributed by atoms with Crippen LogP contribution in [0.5, 0.6) is 0 Å². The van der Waals surface area contributed by atoms with Crippen molar-refractivity contribution in [3.05, 3.63) is 42.1 Å². The number of aliphatic carboxylic acids is 1. The van der Waals surface area contributed by atoms with Gasteiger partial charge in [0.2, 0.25) is 0 Å². The van der Waals surface area contributed by atoms with Gasteiger partial charge in [-0.25, -0.2) is 0 Å². The summed E-state index contributed by atoms with van der Waals surface area (Å²) in [5, 5.41) is 11.8. The first-order valence-electron chi connectivity index (χ1n) is 5.75. The quantitative estimate of drug-likeness (QED) is 0.905. The predicted octanol–water partition coefficient (Wildman–Crippen LogP) is 2.51. The largest absolute Gasteiger partial charge is 0.480 e. The Morgan fingerprint density at radius 1 is 1.30 bits per heavy atom. The fourth-order valence-electron chi connectivity index (χ4n) is 1.91. The van der Waals surface area contributed by atoms with Gasteiger partial charge in [0.1, 0.15) is 6.04 Å². The van der Waals surface area contributed by atoms with Gasteiger partial charge in [-0.05, 0) is 6.07 Å². The van der Waals surface area contributed by atoms with Gasteiger partial charge in [-0.2, -0.15) is 13.2 Å². The van der Waals surface area contributed by atoms with Crippen LogP contribution in [0.3, 0.4) is 0 Å². The van der Waals surface area contributed by atoms with Crippen molar-refractivity contribution >= 4 is 16.9 Å². The van der Waals surface area contributed by atoms with Crippen molar-refractivity contribution in [2.24, 2.45) is 0 Å². The second-order valence-corrected chi connectivity index (χ2v) is 4.19. The van der Waals surface area contributed by atoms with Crippen LogP contribution in [0.4, 0.5) is 13.2 Å². The summed E-state index contributed by atoms with van der Waals surface area (Å²) >= 11 is 0. The van der Waals surface area contributed by atoms with E-state index in [4.69, 9.17) is 5.11 Å². The van der Waals surface area contributed by atoms with E-state index in [0.29, 0.717) is 10.9 Å². The number of benzene rings is 1. The zero-order valence-corrected chi connectivity index (χ0v) is 10.2. The molecule has 0 fully saturated rings. The van der Waals surface area contributed by atoms with Gasteiger partial charge in [0, 0.05) is 17.1 Å². The molecule has 1 atom stereocenters. The number of nitrogens with zero attached hydrogens (tertiary/aromatic N) is 1. The van der Waals surface area contributed by atoms with E-state index in [1.807, 2.05) is 5.32 Å². The molecule has 0 radical (unpaired) electrons. The number of nitrogens with one attached hydrogen (secondary N) is 1. The molecule has 0 saturated carbocycles. The SMILES string of the molecule is O=C(O)C(NCC(F)(F)F)c1cccc2cccnc12. The molecule has 0 saturated heterocycles. The Hall–Kier alpha value is -2.15. The van der Waals surface area contributed by atoms with E-state index in [-0.39, 0.29) is 5.56 Å². The van der Waals surface area contributed by atoms with Gasteiger partial charge in [0.05, 0.1) is 12.1 Å². The standard InChI is InChI=1S/C13H11F3N2O2/c14-13(15,16)7-18-11(12(19)20)9-5-1-3-8-4-2-6-17-10(8)9/h1-6,11,18H,7H2,(H,19,20). The molecule has 1 unspecified atom stereocenters. The van der Waals surface area contributed by atoms with Crippen molar-refractivity contribution in [3.8, 4) is 0 Å². The lowest BCUT2D eigenvalue weighted by Gasteiger charge is -2.17. The van der Waals surface area contributed by atoms with Crippen molar-refractivity contribution in [2.75, 3.05) is 6.54 Å². The summed E-state index contributed by atoms with van der Waals surface area (Å²) in [4.78, 5) is 15.2. The summed E-state index contributed by atoms with van der Waals surface area (Å²) < 4.78 is 36.7. The maximum absolute atomic E-state index is 12.2. The molecule has 0 spiro atoms. The third-order valence-corrected chi connectivity index (χ3v) is 2.73. The number of aromatic nitrogens is 1. The minimum absolute atomic E-state index is 0.208. The molecule has 2 rings (SSSR count). The van der Waals surface area contributed by atoms with Crippen LogP contribution in [-0.2, 0) is 4.79 Å². The summed E-state index contributed by atoms with van der Waals surface area (Å²) in [6.45, 7) is -1.38. The highest BCUT2D eigenvalue weighted by molar-refractivity contribution is 5.87. The smallest absolute Gasteiger partial charge is 0.401 e. The Labute approximate surface area is 112 Å². The average Bonchev–Trinajstić information content (AvgIpc) is 2.37. The molecule has 2 aromatic rings. The molecule has 0 aliphatic carbocycles. The lowest BCUT2D eigenvalue weighted by atomic mass is 10.0. The van der Waals surface area contributed by atoms with Gasteiger partial charge in [0.15, 0.2) is 0 Å². The van der Waals surface area contributed by atoms with Gasteiger partial charge in [-0.15, -0.1) is 0 Å². The zero-order chi connectivity index (χ0) is 14.8. The van der Waals surface area contributed by atoms with Gasteiger partial charge in [-0.1, -0.05) is 24.3 Å². The van der Waals surface area contributed by atoms with Crippen LogP contribution in [-0.4, -0.2) is 28.8 Å². The highest BCUT2D eigenvalue weighted by atomic mass is 19.4. The third kappa shape index (κ3) is 3.24. The molecular formula is C13H11F3N2O2. The van der Waals surface area contributed by atoms with E-state index in [0.717, 1.165) is 0 Å². The van der Waals surface area contributed by atoms with Gasteiger partial charge in [-0.3, -0.25) is 15.1 Å². The Morgan fingerprint density at radius 2 is 2.00 bits per heavy atom. The fourth-order valence-corrected chi connectivity index (χ4v) is 1.91. The van der Waals surface area contributed by atoms with Crippen molar-refractivity contribution in [1.29, 1.82) is 0 Å². The van der Waals surface area contributed by atoms with Gasteiger partial charge in [0.25, 0.3) is 0 Å². The maximum Gasteiger partial charge on any atom is 0.401 e. The van der Waals surface area contributed by atoms with Crippen LogP contribution in [0, 0.1) is 0 Å². The lowest BCUT2D eigenvalue weighted by molar-refractivity contribution is -0.143. The number of para-hydroxylation sites is 1. The van der Waals surface area contributed by atoms with Crippen molar-refractivity contribution in [3.63, 3.8) is 0 Å². The molecule has 0 aliphatic heterocycles. The second kappa shape index (κ2) is 5.46. The van der Waals surface area contributed by atoms with E-state index < -0.39 is 24.7 Å². The number of carbonyl (C=O) groups is 1. The van der Waals surface area contributed by atoms with E-state index >= 15 is 0 Å². The third-order valence-electron chi connectivity index (χ3n) is 2.73. The number of hydrogen-bond acceptors (Lipinski definition) is 3. The Balaban J connectivity index is 2.39. The molecule has 20 heavy (non-hydrogen) atoms. The molecule has 7 heteroatoms. The number of carboxylic acid groups (broad SMARTS) is 1.